The van der Waals surface area contributed by atoms with Crippen molar-refractivity contribution in [3.63, 3.8) is 0 Å². The molecule has 0 aromatic carbocycles. The monoisotopic (exact) mass is 227 g/mol. The van der Waals surface area contributed by atoms with Gasteiger partial charge < -0.3 is 10.1 Å². The van der Waals surface area contributed by atoms with Crippen molar-refractivity contribution in [3.8, 4) is 0 Å². The highest BCUT2D eigenvalue weighted by Crippen LogP contribution is 2.21. The summed E-state index contributed by atoms with van der Waals surface area (Å²) in [6, 6.07) is 0.562. The topological polar surface area (TPSA) is 21.3 Å². The minimum Gasteiger partial charge on any atom is -0.374 e. The number of hydrogen-bond acceptors (Lipinski definition) is 2. The molecule has 96 valence electrons. The predicted molar refractivity (Wildman–Crippen MR) is 69.8 cm³/mol. The molecular formula is C14H29NO. The Hall–Kier alpha value is -0.0800. The minimum atomic E-state index is 0.408. The Morgan fingerprint density at radius 2 is 1.75 bits per heavy atom. The van der Waals surface area contributed by atoms with Crippen LogP contribution in [0.3, 0.4) is 0 Å². The van der Waals surface area contributed by atoms with Gasteiger partial charge in [0.25, 0.3) is 0 Å². The predicted octanol–water partition coefficient (Wildman–Crippen LogP) is 3.50. The normalized spacial score (nSPS) is 21.0. The quantitative estimate of drug-likeness (QED) is 0.701. The lowest BCUT2D eigenvalue weighted by Crippen LogP contribution is -2.35. The Kier molecular flexibility index (Phi) is 7.06. The number of ether oxygens (including phenoxy) is 1. The van der Waals surface area contributed by atoms with E-state index in [4.69, 9.17) is 4.74 Å². The second kappa shape index (κ2) is 8.08. The van der Waals surface area contributed by atoms with Gasteiger partial charge in [0.05, 0.1) is 12.2 Å². The molecule has 1 rings (SSSR count). The average Bonchev–Trinajstić information content (AvgIpc) is 2.52. The van der Waals surface area contributed by atoms with E-state index in [2.05, 4.69) is 26.1 Å². The van der Waals surface area contributed by atoms with Gasteiger partial charge in [-0.2, -0.15) is 0 Å². The molecule has 0 saturated heterocycles. The molecule has 1 fully saturated rings. The van der Waals surface area contributed by atoms with E-state index in [9.17, 15) is 0 Å². The van der Waals surface area contributed by atoms with Crippen LogP contribution in [-0.2, 0) is 4.74 Å². The van der Waals surface area contributed by atoms with E-state index in [1.165, 1.54) is 38.5 Å². The van der Waals surface area contributed by atoms with Crippen LogP contribution in [0.2, 0.25) is 0 Å². The van der Waals surface area contributed by atoms with Gasteiger partial charge in [0, 0.05) is 12.6 Å². The van der Waals surface area contributed by atoms with Gasteiger partial charge >= 0.3 is 0 Å². The fourth-order valence-corrected chi connectivity index (χ4v) is 2.31. The molecule has 1 atom stereocenters. The first-order chi connectivity index (χ1) is 7.72. The van der Waals surface area contributed by atoms with Gasteiger partial charge in [0.2, 0.25) is 0 Å². The van der Waals surface area contributed by atoms with Crippen LogP contribution in [0, 0.1) is 0 Å². The van der Waals surface area contributed by atoms with Crippen LogP contribution in [0.15, 0.2) is 0 Å². The summed E-state index contributed by atoms with van der Waals surface area (Å²) < 4.78 is 6.21. The third kappa shape index (κ3) is 5.86. The van der Waals surface area contributed by atoms with E-state index in [-0.39, 0.29) is 0 Å². The van der Waals surface area contributed by atoms with Crippen molar-refractivity contribution in [2.24, 2.45) is 0 Å². The largest absolute Gasteiger partial charge is 0.374 e. The van der Waals surface area contributed by atoms with Crippen LogP contribution in [0.4, 0.5) is 0 Å². The van der Waals surface area contributed by atoms with Gasteiger partial charge in [-0.3, -0.25) is 0 Å². The summed E-state index contributed by atoms with van der Waals surface area (Å²) in [4.78, 5) is 0. The summed E-state index contributed by atoms with van der Waals surface area (Å²) in [7, 11) is 0. The van der Waals surface area contributed by atoms with Crippen molar-refractivity contribution in [2.75, 3.05) is 6.54 Å². The minimum absolute atomic E-state index is 0.408. The van der Waals surface area contributed by atoms with Crippen LogP contribution in [0.5, 0.6) is 0 Å². The van der Waals surface area contributed by atoms with Crippen molar-refractivity contribution in [1.29, 1.82) is 0 Å². The fraction of sp³-hybridized carbons (Fsp3) is 1.00. The molecule has 0 heterocycles. The molecule has 1 aliphatic rings. The first-order valence-electron chi connectivity index (χ1n) is 7.11. The van der Waals surface area contributed by atoms with E-state index in [0.717, 1.165) is 13.0 Å². The number of hydrogen-bond donors (Lipinski definition) is 1. The lowest BCUT2D eigenvalue weighted by atomic mass is 10.1. The lowest BCUT2D eigenvalue weighted by molar-refractivity contribution is -0.0206. The first-order valence-corrected chi connectivity index (χ1v) is 7.11. The maximum atomic E-state index is 6.21. The van der Waals surface area contributed by atoms with Gasteiger partial charge in [-0.05, 0) is 19.3 Å². The van der Waals surface area contributed by atoms with Gasteiger partial charge in [0.1, 0.15) is 0 Å². The maximum absolute atomic E-state index is 6.21. The maximum Gasteiger partial charge on any atom is 0.0700 e. The van der Waals surface area contributed by atoms with Crippen LogP contribution in [0.1, 0.15) is 65.7 Å². The SMILES string of the molecule is CCC(CNC(C)C)OC1CCCCCC1. The van der Waals surface area contributed by atoms with Crippen molar-refractivity contribution >= 4 is 0 Å². The zero-order chi connectivity index (χ0) is 11.8. The van der Waals surface area contributed by atoms with Crippen molar-refractivity contribution in [3.05, 3.63) is 0 Å². The molecule has 2 heteroatoms. The third-order valence-corrected chi connectivity index (χ3v) is 3.40. The summed E-state index contributed by atoms with van der Waals surface area (Å²) in [5.41, 5.74) is 0. The molecule has 1 unspecified atom stereocenters. The van der Waals surface area contributed by atoms with Crippen molar-refractivity contribution < 1.29 is 4.74 Å². The second-order valence-electron chi connectivity index (χ2n) is 5.34. The summed E-state index contributed by atoms with van der Waals surface area (Å²) in [6.45, 7) is 7.62. The van der Waals surface area contributed by atoms with Crippen LogP contribution >= 0.6 is 0 Å². The van der Waals surface area contributed by atoms with E-state index < -0.39 is 0 Å². The summed E-state index contributed by atoms with van der Waals surface area (Å²) >= 11 is 0. The van der Waals surface area contributed by atoms with Gasteiger partial charge in [-0.1, -0.05) is 46.5 Å². The molecule has 0 spiro atoms. The molecule has 1 N–H and O–H groups in total. The molecule has 1 saturated carbocycles. The molecule has 0 aromatic rings. The molecule has 0 amide bonds. The molecule has 2 nitrogen and oxygen atoms in total. The Bertz CT molecular complexity index is 162. The average molecular weight is 227 g/mol. The third-order valence-electron chi connectivity index (χ3n) is 3.40. The Balaban J connectivity index is 2.24. The van der Waals surface area contributed by atoms with E-state index in [1.807, 2.05) is 0 Å². The molecule has 16 heavy (non-hydrogen) atoms. The Morgan fingerprint density at radius 3 is 2.25 bits per heavy atom. The van der Waals surface area contributed by atoms with Crippen LogP contribution < -0.4 is 5.32 Å². The molecule has 0 aliphatic heterocycles. The molecule has 0 bridgehead atoms. The Labute approximate surface area is 101 Å². The van der Waals surface area contributed by atoms with Gasteiger partial charge in [0.15, 0.2) is 0 Å². The van der Waals surface area contributed by atoms with E-state index in [1.54, 1.807) is 0 Å². The first kappa shape index (κ1) is 14.0. The highest BCUT2D eigenvalue weighted by atomic mass is 16.5. The highest BCUT2D eigenvalue weighted by molar-refractivity contribution is 4.69. The number of nitrogens with one attached hydrogen (secondary N) is 1. The smallest absolute Gasteiger partial charge is 0.0700 e. The molecular weight excluding hydrogens is 198 g/mol. The summed E-state index contributed by atoms with van der Waals surface area (Å²) in [5, 5.41) is 3.48. The fourth-order valence-electron chi connectivity index (χ4n) is 2.31. The van der Waals surface area contributed by atoms with Gasteiger partial charge in [-0.15, -0.1) is 0 Å². The van der Waals surface area contributed by atoms with E-state index >= 15 is 0 Å². The van der Waals surface area contributed by atoms with Gasteiger partial charge in [-0.25, -0.2) is 0 Å². The second-order valence-corrected chi connectivity index (χ2v) is 5.34. The van der Waals surface area contributed by atoms with Crippen molar-refractivity contribution in [2.45, 2.75) is 84.0 Å². The van der Waals surface area contributed by atoms with Crippen LogP contribution in [-0.4, -0.2) is 24.8 Å². The molecule has 0 aromatic heterocycles. The summed E-state index contributed by atoms with van der Waals surface area (Å²) in [5.74, 6) is 0. The van der Waals surface area contributed by atoms with Crippen LogP contribution in [0.25, 0.3) is 0 Å². The standard InChI is InChI=1S/C14H29NO/c1-4-13(11-15-12(2)3)16-14-9-7-5-6-8-10-14/h12-15H,4-11H2,1-3H3. The van der Waals surface area contributed by atoms with Crippen molar-refractivity contribution in [1.82, 2.24) is 5.32 Å². The number of rotatable bonds is 6. The Morgan fingerprint density at radius 1 is 1.12 bits per heavy atom. The highest BCUT2D eigenvalue weighted by Gasteiger charge is 2.17. The zero-order valence-electron chi connectivity index (χ0n) is 11.3. The lowest BCUT2D eigenvalue weighted by Gasteiger charge is -2.24. The van der Waals surface area contributed by atoms with E-state index in [0.29, 0.717) is 18.2 Å². The zero-order valence-corrected chi connectivity index (χ0v) is 11.3. The molecule has 1 aliphatic carbocycles. The molecule has 0 radical (unpaired) electrons. The summed E-state index contributed by atoms with van der Waals surface area (Å²) in [6.07, 6.45) is 10.1.